The van der Waals surface area contributed by atoms with Crippen molar-refractivity contribution in [3.63, 3.8) is 0 Å². The maximum Gasteiger partial charge on any atom is 0.0550 e. The molecule has 2 nitrogen and oxygen atoms in total. The van der Waals surface area contributed by atoms with E-state index in [1.165, 1.54) is 0 Å². The van der Waals surface area contributed by atoms with Crippen LogP contribution in [0.15, 0.2) is 0 Å². The lowest BCUT2D eigenvalue weighted by atomic mass is 9.97. The molecular formula is C7H16ClNO. The molecule has 2 N–H and O–H groups in total. The van der Waals surface area contributed by atoms with E-state index in [4.69, 9.17) is 10.5 Å². The molecule has 1 aliphatic heterocycles. The van der Waals surface area contributed by atoms with Crippen LogP contribution in [0.25, 0.3) is 0 Å². The van der Waals surface area contributed by atoms with Crippen LogP contribution < -0.4 is 5.73 Å². The molecule has 1 rings (SSSR count). The van der Waals surface area contributed by atoms with Gasteiger partial charge >= 0.3 is 0 Å². The zero-order valence-corrected chi connectivity index (χ0v) is 7.19. The lowest BCUT2D eigenvalue weighted by Gasteiger charge is -2.25. The first-order valence-corrected chi connectivity index (χ1v) is 3.64. The Bertz CT molecular complexity index is 89.7. The summed E-state index contributed by atoms with van der Waals surface area (Å²) in [6.45, 7) is 3.85. The fourth-order valence-electron chi connectivity index (χ4n) is 1.31. The van der Waals surface area contributed by atoms with Crippen LogP contribution in [0.5, 0.6) is 0 Å². The van der Waals surface area contributed by atoms with Crippen molar-refractivity contribution in [3.8, 4) is 0 Å². The first-order chi connectivity index (χ1) is 4.33. The minimum absolute atomic E-state index is 0. The van der Waals surface area contributed by atoms with Gasteiger partial charge in [0.1, 0.15) is 0 Å². The highest BCUT2D eigenvalue weighted by Gasteiger charge is 2.16. The summed E-state index contributed by atoms with van der Waals surface area (Å²) in [5.41, 5.74) is 5.51. The Morgan fingerprint density at radius 2 is 2.30 bits per heavy atom. The van der Waals surface area contributed by atoms with Gasteiger partial charge in [-0.1, -0.05) is 0 Å². The monoisotopic (exact) mass is 165 g/mol. The molecule has 1 saturated heterocycles. The largest absolute Gasteiger partial charge is 0.378 e. The van der Waals surface area contributed by atoms with Crippen molar-refractivity contribution in [1.82, 2.24) is 0 Å². The molecule has 10 heavy (non-hydrogen) atoms. The third-order valence-corrected chi connectivity index (χ3v) is 1.93. The Hall–Kier alpha value is 0.210. The lowest BCUT2D eigenvalue weighted by Crippen LogP contribution is -2.27. The molecule has 0 saturated carbocycles. The Kier molecular flexibility index (Phi) is 5.04. The third-order valence-electron chi connectivity index (χ3n) is 1.93. The summed E-state index contributed by atoms with van der Waals surface area (Å²) >= 11 is 0. The number of halogens is 1. The summed E-state index contributed by atoms with van der Waals surface area (Å²) < 4.78 is 5.35. The SMILES string of the molecule is CC1CC(CN)CCO1.Cl. The molecule has 0 aromatic heterocycles. The van der Waals surface area contributed by atoms with Gasteiger partial charge in [-0.25, -0.2) is 0 Å². The average Bonchev–Trinajstić information content (AvgIpc) is 1.88. The van der Waals surface area contributed by atoms with Gasteiger partial charge < -0.3 is 10.5 Å². The predicted octanol–water partition coefficient (Wildman–Crippen LogP) is 1.18. The van der Waals surface area contributed by atoms with Crippen LogP contribution in [-0.2, 0) is 4.74 Å². The van der Waals surface area contributed by atoms with Crippen LogP contribution in [0, 0.1) is 5.92 Å². The van der Waals surface area contributed by atoms with Crippen LogP contribution in [0.3, 0.4) is 0 Å². The normalized spacial score (nSPS) is 33.0. The zero-order chi connectivity index (χ0) is 6.69. The van der Waals surface area contributed by atoms with Crippen molar-refractivity contribution in [3.05, 3.63) is 0 Å². The zero-order valence-electron chi connectivity index (χ0n) is 6.38. The van der Waals surface area contributed by atoms with Crippen molar-refractivity contribution in [2.75, 3.05) is 13.2 Å². The number of ether oxygens (including phenoxy) is 1. The summed E-state index contributed by atoms with van der Waals surface area (Å²) in [6, 6.07) is 0. The van der Waals surface area contributed by atoms with Crippen LogP contribution in [-0.4, -0.2) is 19.3 Å². The molecule has 0 aromatic carbocycles. The molecule has 0 aliphatic carbocycles. The van der Waals surface area contributed by atoms with E-state index in [0.29, 0.717) is 12.0 Å². The minimum Gasteiger partial charge on any atom is -0.378 e. The molecule has 0 bridgehead atoms. The van der Waals surface area contributed by atoms with Gasteiger partial charge in [-0.15, -0.1) is 12.4 Å². The van der Waals surface area contributed by atoms with Gasteiger partial charge in [-0.3, -0.25) is 0 Å². The molecule has 1 fully saturated rings. The summed E-state index contributed by atoms with van der Waals surface area (Å²) in [7, 11) is 0. The molecule has 2 unspecified atom stereocenters. The van der Waals surface area contributed by atoms with E-state index in [0.717, 1.165) is 26.0 Å². The van der Waals surface area contributed by atoms with E-state index in [1.54, 1.807) is 0 Å². The van der Waals surface area contributed by atoms with Gasteiger partial charge in [-0.05, 0) is 32.2 Å². The van der Waals surface area contributed by atoms with Gasteiger partial charge in [0.2, 0.25) is 0 Å². The van der Waals surface area contributed by atoms with Crippen LogP contribution in [0.1, 0.15) is 19.8 Å². The molecule has 1 aliphatic rings. The molecule has 2 atom stereocenters. The molecular weight excluding hydrogens is 150 g/mol. The molecule has 0 spiro atoms. The Labute approximate surface area is 68.5 Å². The van der Waals surface area contributed by atoms with Gasteiger partial charge in [0, 0.05) is 6.61 Å². The van der Waals surface area contributed by atoms with E-state index in [9.17, 15) is 0 Å². The van der Waals surface area contributed by atoms with Gasteiger partial charge in [-0.2, -0.15) is 0 Å². The first-order valence-electron chi connectivity index (χ1n) is 3.64. The fraction of sp³-hybridized carbons (Fsp3) is 1.00. The topological polar surface area (TPSA) is 35.2 Å². The molecule has 0 amide bonds. The van der Waals surface area contributed by atoms with Crippen LogP contribution >= 0.6 is 12.4 Å². The predicted molar refractivity (Wildman–Crippen MR) is 44.4 cm³/mol. The standard InChI is InChI=1S/C7H15NO.ClH/c1-6-4-7(5-8)2-3-9-6;/h6-7H,2-5,8H2,1H3;1H. The molecule has 1 heterocycles. The van der Waals surface area contributed by atoms with Crippen molar-refractivity contribution in [2.24, 2.45) is 11.7 Å². The number of rotatable bonds is 1. The number of hydrogen-bond donors (Lipinski definition) is 1. The first kappa shape index (κ1) is 10.2. The molecule has 3 heteroatoms. The Balaban J connectivity index is 0.000000810. The molecule has 62 valence electrons. The van der Waals surface area contributed by atoms with Gasteiger partial charge in [0.15, 0.2) is 0 Å². The van der Waals surface area contributed by atoms with Crippen molar-refractivity contribution < 1.29 is 4.74 Å². The van der Waals surface area contributed by atoms with Crippen molar-refractivity contribution in [2.45, 2.75) is 25.9 Å². The number of nitrogens with two attached hydrogens (primary N) is 1. The highest BCUT2D eigenvalue weighted by molar-refractivity contribution is 5.85. The Morgan fingerprint density at radius 3 is 2.70 bits per heavy atom. The smallest absolute Gasteiger partial charge is 0.0550 e. The third kappa shape index (κ3) is 2.86. The van der Waals surface area contributed by atoms with Crippen LogP contribution in [0.4, 0.5) is 0 Å². The maximum atomic E-state index is 5.51. The van der Waals surface area contributed by atoms with E-state index >= 15 is 0 Å². The highest BCUT2D eigenvalue weighted by Crippen LogP contribution is 2.17. The summed E-state index contributed by atoms with van der Waals surface area (Å²) in [4.78, 5) is 0. The quantitative estimate of drug-likeness (QED) is 0.634. The van der Waals surface area contributed by atoms with Gasteiger partial charge in [0.25, 0.3) is 0 Å². The minimum atomic E-state index is 0. The molecule has 0 radical (unpaired) electrons. The lowest BCUT2D eigenvalue weighted by molar-refractivity contribution is 0.00471. The van der Waals surface area contributed by atoms with E-state index in [-0.39, 0.29) is 12.4 Å². The highest BCUT2D eigenvalue weighted by atomic mass is 35.5. The van der Waals surface area contributed by atoms with E-state index in [2.05, 4.69) is 6.92 Å². The van der Waals surface area contributed by atoms with Gasteiger partial charge in [0.05, 0.1) is 6.10 Å². The second kappa shape index (κ2) is 4.94. The van der Waals surface area contributed by atoms with Crippen LogP contribution in [0.2, 0.25) is 0 Å². The summed E-state index contributed by atoms with van der Waals surface area (Å²) in [5, 5.41) is 0. The fourth-order valence-corrected chi connectivity index (χ4v) is 1.31. The number of hydrogen-bond acceptors (Lipinski definition) is 2. The van der Waals surface area contributed by atoms with E-state index in [1.807, 2.05) is 0 Å². The van der Waals surface area contributed by atoms with E-state index < -0.39 is 0 Å². The molecule has 0 aromatic rings. The summed E-state index contributed by atoms with van der Waals surface area (Å²) in [6.07, 6.45) is 2.74. The van der Waals surface area contributed by atoms with Crippen molar-refractivity contribution in [1.29, 1.82) is 0 Å². The van der Waals surface area contributed by atoms with Crippen molar-refractivity contribution >= 4 is 12.4 Å². The second-order valence-corrected chi connectivity index (χ2v) is 2.81. The Morgan fingerprint density at radius 1 is 1.60 bits per heavy atom. The summed E-state index contributed by atoms with van der Waals surface area (Å²) in [5.74, 6) is 0.716. The average molecular weight is 166 g/mol. The second-order valence-electron chi connectivity index (χ2n) is 2.81. The maximum absolute atomic E-state index is 5.51.